The number of fused-ring (bicyclic) bond motifs is 7. The van der Waals surface area contributed by atoms with Crippen molar-refractivity contribution in [3.05, 3.63) is 221 Å². The highest BCUT2D eigenvalue weighted by molar-refractivity contribution is 6.30. The largest absolute Gasteiger partial charge is 0.354 e. The number of nitrogens with one attached hydrogen (secondary N) is 3. The summed E-state index contributed by atoms with van der Waals surface area (Å²) in [7, 11) is 0. The van der Waals surface area contributed by atoms with E-state index < -0.39 is 0 Å². The summed E-state index contributed by atoms with van der Waals surface area (Å²) in [5, 5.41) is 5.76. The quantitative estimate of drug-likeness (QED) is 0.165. The number of ketones is 1. The standard InChI is InChI=1S/C76H94N4O/c1-69(2,3)48-31-44(32-49(39-48)70(4,5)6)64-56-25-26-57(77-56)65(45-33-50(71(7,8)9)40-51(34-45)72(10,11)12)59-29-30-61(79-59)67(47-37-54(75(19,20)21)42-55(38-47)76(22,23)24)68-63(81)43-62(80-68)66(60-28-27-58(64)78-60)46-35-52(73(13,14)15)41-53(36-46)74(16,17)18/h25-43,78-80H,1-24H3. The molecule has 9 rings (SSSR count). The highest BCUT2D eigenvalue weighted by Gasteiger charge is 2.33. The van der Waals surface area contributed by atoms with Gasteiger partial charge in [0.15, 0.2) is 0 Å². The first-order valence-corrected chi connectivity index (χ1v) is 29.6. The molecule has 0 amide bonds. The van der Waals surface area contributed by atoms with Crippen molar-refractivity contribution in [3.63, 3.8) is 0 Å². The van der Waals surface area contributed by atoms with E-state index in [1.807, 2.05) is 6.08 Å². The third-order valence-corrected chi connectivity index (χ3v) is 16.7. The van der Waals surface area contributed by atoms with Crippen LogP contribution < -0.4 is 16.0 Å². The van der Waals surface area contributed by atoms with Crippen molar-refractivity contribution in [2.75, 3.05) is 0 Å². The number of carbonyl (C=O) groups is 1. The normalized spacial score (nSPS) is 16.0. The number of allylic oxidation sites excluding steroid dienone is 4. The van der Waals surface area contributed by atoms with Crippen molar-refractivity contribution >= 4 is 33.8 Å². The average Bonchev–Trinajstić information content (AvgIpc) is 4.21. The molecule has 424 valence electrons. The van der Waals surface area contributed by atoms with Gasteiger partial charge in [0.05, 0.1) is 22.8 Å². The van der Waals surface area contributed by atoms with Gasteiger partial charge in [-0.2, -0.15) is 0 Å². The Kier molecular flexibility index (Phi) is 14.4. The van der Waals surface area contributed by atoms with E-state index >= 15 is 4.79 Å². The Bertz CT molecular complexity index is 3710. The summed E-state index contributed by atoms with van der Waals surface area (Å²) in [5.41, 5.74) is 21.5. The van der Waals surface area contributed by atoms with E-state index in [-0.39, 0.29) is 49.1 Å². The van der Waals surface area contributed by atoms with Crippen molar-refractivity contribution in [1.82, 2.24) is 15.3 Å². The average molecular weight is 1080 g/mol. The fourth-order valence-corrected chi connectivity index (χ4v) is 11.1. The number of nitrogens with zero attached hydrogens (tertiary/aromatic N) is 1. The molecule has 0 atom stereocenters. The topological polar surface area (TPSA) is 73.0 Å². The molecule has 2 aromatic heterocycles. The molecule has 8 bridgehead atoms. The van der Waals surface area contributed by atoms with Gasteiger partial charge >= 0.3 is 0 Å². The first kappa shape index (κ1) is 58.9. The van der Waals surface area contributed by atoms with Crippen LogP contribution in [0, 0.1) is 0 Å². The monoisotopic (exact) mass is 1080 g/mol. The van der Waals surface area contributed by atoms with Crippen LogP contribution in [0.2, 0.25) is 0 Å². The minimum absolute atomic E-state index is 0.0778. The van der Waals surface area contributed by atoms with Crippen LogP contribution in [-0.2, 0) is 48.1 Å². The van der Waals surface area contributed by atoms with Gasteiger partial charge in [-0.05, 0) is 146 Å². The van der Waals surface area contributed by atoms with E-state index in [1.165, 1.54) is 44.5 Å². The number of aliphatic imine (C=N–C) groups is 1. The fourth-order valence-electron chi connectivity index (χ4n) is 11.1. The van der Waals surface area contributed by atoms with E-state index in [0.717, 1.165) is 83.7 Å². The Morgan fingerprint density at radius 1 is 0.333 bits per heavy atom. The molecule has 4 aromatic carbocycles. The zero-order chi connectivity index (χ0) is 59.7. The van der Waals surface area contributed by atoms with Gasteiger partial charge in [-0.25, -0.2) is 4.99 Å². The third kappa shape index (κ3) is 12.0. The second kappa shape index (κ2) is 19.7. The number of carbonyl (C=O) groups excluding carboxylic acids is 1. The zero-order valence-electron chi connectivity index (χ0n) is 53.8. The highest BCUT2D eigenvalue weighted by Crippen LogP contribution is 2.43. The minimum Gasteiger partial charge on any atom is -0.354 e. The molecule has 5 nitrogen and oxygen atoms in total. The third-order valence-electron chi connectivity index (χ3n) is 16.7. The summed E-state index contributed by atoms with van der Waals surface area (Å²) in [4.78, 5) is 29.6. The Hall–Kier alpha value is -6.72. The number of H-pyrrole nitrogens is 2. The highest BCUT2D eigenvalue weighted by atomic mass is 16.1. The van der Waals surface area contributed by atoms with E-state index in [2.05, 4.69) is 291 Å². The second-order valence-corrected chi connectivity index (χ2v) is 31.9. The van der Waals surface area contributed by atoms with Crippen LogP contribution in [0.5, 0.6) is 0 Å². The Labute approximate surface area is 487 Å². The zero-order valence-corrected chi connectivity index (χ0v) is 53.8. The van der Waals surface area contributed by atoms with Crippen molar-refractivity contribution in [1.29, 1.82) is 0 Å². The summed E-state index contributed by atoms with van der Waals surface area (Å²) in [6, 6.07) is 37.2. The number of rotatable bonds is 4. The molecule has 0 radical (unpaired) electrons. The molecule has 0 spiro atoms. The molecular weight excluding hydrogens is 985 g/mol. The molecule has 5 heterocycles. The van der Waals surface area contributed by atoms with Crippen molar-refractivity contribution in [3.8, 4) is 0 Å². The van der Waals surface area contributed by atoms with Crippen LogP contribution >= 0.6 is 0 Å². The number of benzene rings is 4. The molecule has 0 unspecified atom stereocenters. The second-order valence-electron chi connectivity index (χ2n) is 31.9. The molecule has 0 saturated heterocycles. The molecule has 0 fully saturated rings. The molecule has 0 aliphatic carbocycles. The predicted octanol–water partition coefficient (Wildman–Crippen LogP) is 17.4. The molecule has 3 N–H and O–H groups in total. The van der Waals surface area contributed by atoms with Gasteiger partial charge in [0.1, 0.15) is 0 Å². The lowest BCUT2D eigenvalue weighted by Crippen LogP contribution is -2.24. The minimum atomic E-state index is -0.171. The molecule has 6 aromatic rings. The predicted molar refractivity (Wildman–Crippen MR) is 346 cm³/mol. The summed E-state index contributed by atoms with van der Waals surface area (Å²) >= 11 is 0. The van der Waals surface area contributed by atoms with Crippen LogP contribution in [0.25, 0.3) is 22.3 Å². The smallest absolute Gasteiger partial charge is 0.204 e. The summed E-state index contributed by atoms with van der Waals surface area (Å²) in [5.74, 6) is -0.0778. The van der Waals surface area contributed by atoms with Gasteiger partial charge in [-0.15, -0.1) is 0 Å². The van der Waals surface area contributed by atoms with Crippen LogP contribution in [0.3, 0.4) is 0 Å². The molecule has 3 aliphatic heterocycles. The molecule has 3 aliphatic rings. The van der Waals surface area contributed by atoms with E-state index in [0.29, 0.717) is 5.70 Å². The number of hydrogen-bond acceptors (Lipinski definition) is 3. The lowest BCUT2D eigenvalue weighted by atomic mass is 9.78. The van der Waals surface area contributed by atoms with E-state index in [4.69, 9.17) is 4.99 Å². The van der Waals surface area contributed by atoms with E-state index in [1.54, 1.807) is 0 Å². The first-order chi connectivity index (χ1) is 37.1. The van der Waals surface area contributed by atoms with Crippen LogP contribution in [-0.4, -0.2) is 21.5 Å². The molecular formula is C76H94N4O. The van der Waals surface area contributed by atoms with Gasteiger partial charge in [-0.1, -0.05) is 239 Å². The van der Waals surface area contributed by atoms with Crippen LogP contribution in [0.1, 0.15) is 244 Å². The van der Waals surface area contributed by atoms with Gasteiger partial charge in [0, 0.05) is 50.5 Å². The summed E-state index contributed by atoms with van der Waals surface area (Å²) in [6.07, 6.45) is 6.28. The lowest BCUT2D eigenvalue weighted by molar-refractivity contribution is -0.111. The fraction of sp³-hybridized carbons (Fsp3) is 0.421. The van der Waals surface area contributed by atoms with Crippen molar-refractivity contribution in [2.45, 2.75) is 209 Å². The maximum atomic E-state index is 15.6. The maximum absolute atomic E-state index is 15.6. The van der Waals surface area contributed by atoms with Crippen LogP contribution in [0.15, 0.2) is 137 Å². The van der Waals surface area contributed by atoms with Gasteiger partial charge in [-0.3, -0.25) is 4.79 Å². The lowest BCUT2D eigenvalue weighted by Gasteiger charge is -2.27. The first-order valence-electron chi connectivity index (χ1n) is 29.6. The van der Waals surface area contributed by atoms with Crippen molar-refractivity contribution < 1.29 is 4.79 Å². The maximum Gasteiger partial charge on any atom is 0.204 e. The number of aromatic nitrogens is 2. The summed E-state index contributed by atoms with van der Waals surface area (Å²) < 4.78 is 0. The Morgan fingerprint density at radius 3 is 1.00 bits per heavy atom. The van der Waals surface area contributed by atoms with Gasteiger partial charge in [0.2, 0.25) is 5.78 Å². The van der Waals surface area contributed by atoms with E-state index in [9.17, 15) is 0 Å². The number of aromatic amines is 2. The Balaban J connectivity index is 1.51. The number of hydrogen-bond donors (Lipinski definition) is 3. The SMILES string of the molecule is CC(C)(C)c1cc(C2=C3C=CC(=N3)C(c3cc(C(C)(C)C)cc(C(C)(C)C)c3)=c3ccc([nH]3)=C(c3cc(C(C)(C)C)cc(C(C)(C)C)c3)C3=CC(=O)C(=C(c4cc(C(C)(C)C)cc(C(C)(C)C)c4)c4ccc2[nH]4)N3)cc(C(C)(C)C)c1. The molecule has 81 heavy (non-hydrogen) atoms. The Morgan fingerprint density at radius 2 is 0.642 bits per heavy atom. The van der Waals surface area contributed by atoms with Crippen molar-refractivity contribution in [2.24, 2.45) is 4.99 Å². The van der Waals surface area contributed by atoms with Gasteiger partial charge < -0.3 is 15.3 Å². The molecule has 0 saturated carbocycles. The molecule has 5 heteroatoms. The summed E-state index contributed by atoms with van der Waals surface area (Å²) in [6.45, 7) is 55.0. The van der Waals surface area contributed by atoms with Gasteiger partial charge in [0.25, 0.3) is 0 Å². The van der Waals surface area contributed by atoms with Crippen LogP contribution in [0.4, 0.5) is 0 Å².